The van der Waals surface area contributed by atoms with Crippen LogP contribution in [0.2, 0.25) is 0 Å². The molecule has 0 aliphatic rings. The molecule has 2 rings (SSSR count). The SMILES string of the molecule is CC(OS(C)(=O)=O)n1ccnc1Cc1ccc(C#N)cc1. The van der Waals surface area contributed by atoms with Crippen LogP contribution in [0.5, 0.6) is 0 Å². The molecule has 0 bridgehead atoms. The van der Waals surface area contributed by atoms with Gasteiger partial charge in [0.25, 0.3) is 10.1 Å². The molecule has 0 N–H and O–H groups in total. The number of benzene rings is 1. The van der Waals surface area contributed by atoms with E-state index in [2.05, 4.69) is 11.1 Å². The van der Waals surface area contributed by atoms with E-state index in [1.165, 1.54) is 0 Å². The largest absolute Gasteiger partial charge is 0.307 e. The van der Waals surface area contributed by atoms with Crippen molar-refractivity contribution in [2.45, 2.75) is 19.6 Å². The van der Waals surface area contributed by atoms with Crippen LogP contribution in [0.15, 0.2) is 36.7 Å². The van der Waals surface area contributed by atoms with Gasteiger partial charge < -0.3 is 4.57 Å². The minimum atomic E-state index is -3.53. The van der Waals surface area contributed by atoms with E-state index in [0.29, 0.717) is 17.8 Å². The molecule has 21 heavy (non-hydrogen) atoms. The Morgan fingerprint density at radius 1 is 1.38 bits per heavy atom. The van der Waals surface area contributed by atoms with Crippen LogP contribution in [-0.2, 0) is 20.7 Å². The number of hydrogen-bond donors (Lipinski definition) is 0. The van der Waals surface area contributed by atoms with Gasteiger partial charge in [0.2, 0.25) is 0 Å². The van der Waals surface area contributed by atoms with E-state index in [4.69, 9.17) is 9.44 Å². The van der Waals surface area contributed by atoms with Gasteiger partial charge in [-0.05, 0) is 24.6 Å². The summed E-state index contributed by atoms with van der Waals surface area (Å²) in [5.74, 6) is 0.691. The summed E-state index contributed by atoms with van der Waals surface area (Å²) >= 11 is 0. The molecule has 1 unspecified atom stereocenters. The summed E-state index contributed by atoms with van der Waals surface area (Å²) in [5.41, 5.74) is 1.57. The monoisotopic (exact) mass is 305 g/mol. The van der Waals surface area contributed by atoms with Gasteiger partial charge in [-0.2, -0.15) is 13.7 Å². The zero-order chi connectivity index (χ0) is 15.5. The van der Waals surface area contributed by atoms with E-state index in [9.17, 15) is 8.42 Å². The van der Waals surface area contributed by atoms with Crippen molar-refractivity contribution in [1.29, 1.82) is 5.26 Å². The first-order chi connectivity index (χ1) is 9.89. The van der Waals surface area contributed by atoms with Crippen LogP contribution in [0, 0.1) is 11.3 Å². The van der Waals surface area contributed by atoms with Crippen LogP contribution in [0.3, 0.4) is 0 Å². The second-order valence-corrected chi connectivity index (χ2v) is 6.24. The van der Waals surface area contributed by atoms with Crippen LogP contribution in [0.4, 0.5) is 0 Å². The molecule has 0 aliphatic heterocycles. The standard InChI is InChI=1S/C14H15N3O3S/c1-11(20-21(2,18)19)17-8-7-16-14(17)9-12-3-5-13(10-15)6-4-12/h3-8,11H,9H2,1-2H3. The Hall–Kier alpha value is -2.17. The van der Waals surface area contributed by atoms with Crippen LogP contribution in [-0.4, -0.2) is 24.2 Å². The summed E-state index contributed by atoms with van der Waals surface area (Å²) in [5, 5.41) is 8.77. The number of rotatable bonds is 5. The highest BCUT2D eigenvalue weighted by Crippen LogP contribution is 2.16. The third-order valence-electron chi connectivity index (χ3n) is 2.90. The van der Waals surface area contributed by atoms with E-state index in [1.807, 2.05) is 12.1 Å². The zero-order valence-corrected chi connectivity index (χ0v) is 12.5. The lowest BCUT2D eigenvalue weighted by molar-refractivity contribution is 0.159. The van der Waals surface area contributed by atoms with Gasteiger partial charge in [0.15, 0.2) is 6.23 Å². The summed E-state index contributed by atoms with van der Waals surface area (Å²) < 4.78 is 29.0. The van der Waals surface area contributed by atoms with E-state index >= 15 is 0 Å². The Labute approximate surface area is 123 Å². The van der Waals surface area contributed by atoms with Gasteiger partial charge in [-0.15, -0.1) is 0 Å². The van der Waals surface area contributed by atoms with E-state index in [1.54, 1.807) is 36.0 Å². The minimum Gasteiger partial charge on any atom is -0.307 e. The van der Waals surface area contributed by atoms with Crippen LogP contribution < -0.4 is 0 Å². The summed E-state index contributed by atoms with van der Waals surface area (Å²) in [6.45, 7) is 1.64. The molecule has 1 aromatic heterocycles. The Morgan fingerprint density at radius 3 is 2.62 bits per heavy atom. The van der Waals surface area contributed by atoms with Crippen molar-refractivity contribution in [3.63, 3.8) is 0 Å². The smallest absolute Gasteiger partial charge is 0.266 e. The van der Waals surface area contributed by atoms with Gasteiger partial charge in [-0.1, -0.05) is 12.1 Å². The van der Waals surface area contributed by atoms with E-state index in [-0.39, 0.29) is 0 Å². The topological polar surface area (TPSA) is 85.0 Å². The molecule has 0 radical (unpaired) electrons. The second-order valence-electron chi connectivity index (χ2n) is 4.64. The average Bonchev–Trinajstić information content (AvgIpc) is 2.86. The lowest BCUT2D eigenvalue weighted by Gasteiger charge is -2.15. The first-order valence-corrected chi connectivity index (χ1v) is 8.10. The highest BCUT2D eigenvalue weighted by Gasteiger charge is 2.15. The molecule has 0 saturated heterocycles. The van der Waals surface area contributed by atoms with E-state index in [0.717, 1.165) is 11.8 Å². The Morgan fingerprint density at radius 2 is 2.05 bits per heavy atom. The quantitative estimate of drug-likeness (QED) is 0.787. The maximum Gasteiger partial charge on any atom is 0.266 e. The Kier molecular flexibility index (Phi) is 4.40. The number of imidazole rings is 1. The van der Waals surface area contributed by atoms with Crippen LogP contribution in [0.25, 0.3) is 0 Å². The molecule has 6 nitrogen and oxygen atoms in total. The third-order valence-corrected chi connectivity index (χ3v) is 3.53. The molecule has 7 heteroatoms. The molecular formula is C14H15N3O3S. The fraction of sp³-hybridized carbons (Fsp3) is 0.286. The number of nitriles is 1. The highest BCUT2D eigenvalue weighted by molar-refractivity contribution is 7.85. The molecule has 0 fully saturated rings. The third kappa shape index (κ3) is 4.15. The maximum absolute atomic E-state index is 11.2. The van der Waals surface area contributed by atoms with Gasteiger partial charge in [-0.25, -0.2) is 9.17 Å². The minimum absolute atomic E-state index is 0.524. The van der Waals surface area contributed by atoms with Crippen LogP contribution >= 0.6 is 0 Å². The summed E-state index contributed by atoms with van der Waals surface area (Å²) in [6.07, 6.45) is 4.16. The van der Waals surface area contributed by atoms with Gasteiger partial charge in [0, 0.05) is 18.8 Å². The fourth-order valence-corrected chi connectivity index (χ4v) is 2.59. The lowest BCUT2D eigenvalue weighted by atomic mass is 10.1. The normalized spacial score (nSPS) is 12.8. The van der Waals surface area contributed by atoms with Crippen molar-refractivity contribution in [2.75, 3.05) is 6.26 Å². The average molecular weight is 305 g/mol. The molecule has 1 aromatic carbocycles. The Bertz CT molecular complexity index is 758. The van der Waals surface area contributed by atoms with Crippen molar-refractivity contribution < 1.29 is 12.6 Å². The summed E-state index contributed by atoms with van der Waals surface area (Å²) in [4.78, 5) is 4.23. The molecule has 0 saturated carbocycles. The molecule has 0 aliphatic carbocycles. The highest BCUT2D eigenvalue weighted by atomic mass is 32.2. The predicted octanol–water partition coefficient (Wildman–Crippen LogP) is 1.84. The van der Waals surface area contributed by atoms with Crippen molar-refractivity contribution >= 4 is 10.1 Å². The zero-order valence-electron chi connectivity index (χ0n) is 11.7. The lowest BCUT2D eigenvalue weighted by Crippen LogP contribution is -2.16. The van der Waals surface area contributed by atoms with Crippen molar-refractivity contribution in [3.05, 3.63) is 53.6 Å². The molecule has 1 atom stereocenters. The van der Waals surface area contributed by atoms with Crippen molar-refractivity contribution in [3.8, 4) is 6.07 Å². The fourth-order valence-electron chi connectivity index (χ4n) is 1.99. The maximum atomic E-state index is 11.2. The first kappa shape index (κ1) is 15.2. The van der Waals surface area contributed by atoms with Crippen molar-refractivity contribution in [2.24, 2.45) is 0 Å². The van der Waals surface area contributed by atoms with Gasteiger partial charge in [0.05, 0.1) is 17.9 Å². The predicted molar refractivity (Wildman–Crippen MR) is 76.8 cm³/mol. The van der Waals surface area contributed by atoms with E-state index < -0.39 is 16.3 Å². The van der Waals surface area contributed by atoms with Gasteiger partial charge in [0.1, 0.15) is 5.82 Å². The molecule has 0 spiro atoms. The summed E-state index contributed by atoms with van der Waals surface area (Å²) in [6, 6.07) is 9.22. The van der Waals surface area contributed by atoms with Crippen LogP contribution in [0.1, 0.15) is 30.1 Å². The number of nitrogens with zero attached hydrogens (tertiary/aromatic N) is 3. The molecule has 110 valence electrons. The molecule has 0 amide bonds. The number of hydrogen-bond acceptors (Lipinski definition) is 5. The molecular weight excluding hydrogens is 290 g/mol. The number of aromatic nitrogens is 2. The molecule has 1 heterocycles. The first-order valence-electron chi connectivity index (χ1n) is 6.28. The van der Waals surface area contributed by atoms with Gasteiger partial charge in [-0.3, -0.25) is 0 Å². The second kappa shape index (κ2) is 6.08. The summed E-state index contributed by atoms with van der Waals surface area (Å²) in [7, 11) is -3.53. The van der Waals surface area contributed by atoms with Crippen molar-refractivity contribution in [1.82, 2.24) is 9.55 Å². The van der Waals surface area contributed by atoms with Gasteiger partial charge >= 0.3 is 0 Å². The molecule has 2 aromatic rings. The Balaban J connectivity index is 2.18.